The predicted octanol–water partition coefficient (Wildman–Crippen LogP) is 2.20. The smallest absolute Gasteiger partial charge is 0.223 e. The molecular weight excluding hydrogens is 325 g/mol. The number of hydrogen-bond acceptors (Lipinski definition) is 4. The van der Waals surface area contributed by atoms with Crippen molar-refractivity contribution >= 4 is 39.7 Å². The first-order valence-electron chi connectivity index (χ1n) is 4.40. The number of ketones is 1. The van der Waals surface area contributed by atoms with Gasteiger partial charge in [-0.05, 0) is 41.0 Å². The minimum Gasteiger partial charge on any atom is -0.286 e. The van der Waals surface area contributed by atoms with Crippen molar-refractivity contribution in [1.82, 2.24) is 15.0 Å². The molecule has 15 heavy (non-hydrogen) atoms. The summed E-state index contributed by atoms with van der Waals surface area (Å²) in [7, 11) is 0. The Morgan fingerprint density at radius 2 is 2.47 bits per heavy atom. The molecule has 0 aliphatic carbocycles. The third kappa shape index (κ3) is 1.96. The van der Waals surface area contributed by atoms with Gasteiger partial charge in [0.2, 0.25) is 5.78 Å². The number of aromatic nitrogens is 3. The molecule has 0 atom stereocenters. The average molecular weight is 333 g/mol. The molecule has 0 aliphatic rings. The summed E-state index contributed by atoms with van der Waals surface area (Å²) >= 11 is 3.61. The highest BCUT2D eigenvalue weighted by Gasteiger charge is 2.18. The van der Waals surface area contributed by atoms with Crippen LogP contribution in [0.5, 0.6) is 0 Å². The van der Waals surface area contributed by atoms with Crippen molar-refractivity contribution in [3.05, 3.63) is 31.8 Å². The number of carbonyl (C=O) groups excluding carboxylic acids is 1. The minimum absolute atomic E-state index is 0.00116. The maximum atomic E-state index is 12.1. The van der Waals surface area contributed by atoms with E-state index in [1.807, 2.05) is 18.4 Å². The van der Waals surface area contributed by atoms with Crippen molar-refractivity contribution in [3.8, 4) is 0 Å². The van der Waals surface area contributed by atoms with Crippen molar-refractivity contribution < 1.29 is 4.79 Å². The van der Waals surface area contributed by atoms with Crippen molar-refractivity contribution in [3.63, 3.8) is 0 Å². The highest BCUT2D eigenvalue weighted by molar-refractivity contribution is 14.1. The van der Waals surface area contributed by atoms with Gasteiger partial charge in [0.05, 0.1) is 11.1 Å². The Morgan fingerprint density at radius 1 is 1.67 bits per heavy atom. The van der Waals surface area contributed by atoms with Crippen LogP contribution >= 0.6 is 33.9 Å². The maximum absolute atomic E-state index is 12.1. The Bertz CT molecular complexity index is 491. The van der Waals surface area contributed by atoms with Gasteiger partial charge in [0.15, 0.2) is 0 Å². The number of nitrogens with zero attached hydrogens (tertiary/aromatic N) is 3. The van der Waals surface area contributed by atoms with Crippen molar-refractivity contribution in [1.29, 1.82) is 0 Å². The Labute approximate surface area is 104 Å². The topological polar surface area (TPSA) is 47.8 Å². The first-order valence-corrected chi connectivity index (χ1v) is 6.36. The molecule has 0 unspecified atom stereocenters. The molecule has 0 amide bonds. The van der Waals surface area contributed by atoms with E-state index in [9.17, 15) is 4.79 Å². The van der Waals surface area contributed by atoms with Gasteiger partial charge in [0, 0.05) is 10.1 Å². The van der Waals surface area contributed by atoms with Crippen LogP contribution in [0.15, 0.2) is 17.6 Å². The van der Waals surface area contributed by atoms with Crippen LogP contribution in [0, 0.1) is 3.57 Å². The number of halogens is 1. The highest BCUT2D eigenvalue weighted by Crippen LogP contribution is 2.21. The first-order chi connectivity index (χ1) is 7.24. The number of thiophene rings is 1. The fourth-order valence-electron chi connectivity index (χ4n) is 1.24. The fourth-order valence-corrected chi connectivity index (χ4v) is 3.02. The lowest BCUT2D eigenvalue weighted by atomic mass is 10.2. The van der Waals surface area contributed by atoms with E-state index in [0.29, 0.717) is 12.2 Å². The molecule has 0 N–H and O–H groups in total. The zero-order chi connectivity index (χ0) is 10.8. The lowest BCUT2D eigenvalue weighted by Gasteiger charge is -2.00. The second-order valence-electron chi connectivity index (χ2n) is 2.86. The molecule has 6 heteroatoms. The average Bonchev–Trinajstić information content (AvgIpc) is 2.84. The third-order valence-electron chi connectivity index (χ3n) is 1.97. The van der Waals surface area contributed by atoms with Gasteiger partial charge in [0.1, 0.15) is 5.69 Å². The van der Waals surface area contributed by atoms with Gasteiger partial charge < -0.3 is 0 Å². The van der Waals surface area contributed by atoms with Crippen LogP contribution in [0.25, 0.3) is 0 Å². The van der Waals surface area contributed by atoms with Crippen LogP contribution in [0.4, 0.5) is 0 Å². The first kappa shape index (κ1) is 10.7. The summed E-state index contributed by atoms with van der Waals surface area (Å²) in [6.45, 7) is 2.59. The van der Waals surface area contributed by atoms with Gasteiger partial charge in [-0.2, -0.15) is 0 Å². The minimum atomic E-state index is 0.00116. The molecule has 4 nitrogen and oxygen atoms in total. The monoisotopic (exact) mass is 333 g/mol. The van der Waals surface area contributed by atoms with Gasteiger partial charge in [-0.1, -0.05) is 5.21 Å². The molecule has 0 fully saturated rings. The molecule has 2 heterocycles. The van der Waals surface area contributed by atoms with E-state index in [4.69, 9.17) is 0 Å². The van der Waals surface area contributed by atoms with Crippen molar-refractivity contribution in [2.24, 2.45) is 0 Å². The molecule has 78 valence electrons. The van der Waals surface area contributed by atoms with Crippen LogP contribution in [0.1, 0.15) is 22.3 Å². The van der Waals surface area contributed by atoms with Gasteiger partial charge in [-0.25, -0.2) is 4.68 Å². The standard InChI is InChI=1S/C9H8IN3OS/c1-2-13-7(5-11-12-13)8(14)9-6(10)3-4-15-9/h3-5H,2H2,1H3. The Morgan fingerprint density at radius 3 is 3.07 bits per heavy atom. The molecule has 2 rings (SSSR count). The summed E-state index contributed by atoms with van der Waals surface area (Å²) in [6, 6.07) is 1.93. The summed E-state index contributed by atoms with van der Waals surface area (Å²) in [4.78, 5) is 12.8. The van der Waals surface area contributed by atoms with Crippen LogP contribution in [0.3, 0.4) is 0 Å². The maximum Gasteiger partial charge on any atom is 0.223 e. The quantitative estimate of drug-likeness (QED) is 0.639. The van der Waals surface area contributed by atoms with E-state index in [1.54, 1.807) is 4.68 Å². The van der Waals surface area contributed by atoms with Crippen molar-refractivity contribution in [2.75, 3.05) is 0 Å². The highest BCUT2D eigenvalue weighted by atomic mass is 127. The summed E-state index contributed by atoms with van der Waals surface area (Å²) in [6.07, 6.45) is 1.52. The lowest BCUT2D eigenvalue weighted by molar-refractivity contribution is 0.103. The molecule has 0 bridgehead atoms. The predicted molar refractivity (Wildman–Crippen MR) is 66.2 cm³/mol. The SMILES string of the molecule is CCn1nncc1C(=O)c1sccc1I. The molecule has 0 aliphatic heterocycles. The Hall–Kier alpha value is -0.760. The summed E-state index contributed by atoms with van der Waals surface area (Å²) < 4.78 is 2.59. The normalized spacial score (nSPS) is 10.5. The van der Waals surface area contributed by atoms with Gasteiger partial charge in [0.25, 0.3) is 0 Å². The van der Waals surface area contributed by atoms with Gasteiger partial charge in [-0.3, -0.25) is 4.79 Å². The molecule has 0 saturated carbocycles. The Balaban J connectivity index is 2.41. The van der Waals surface area contributed by atoms with E-state index >= 15 is 0 Å². The molecule has 2 aromatic heterocycles. The van der Waals surface area contributed by atoms with Gasteiger partial charge >= 0.3 is 0 Å². The second kappa shape index (κ2) is 4.40. The second-order valence-corrected chi connectivity index (χ2v) is 4.94. The van der Waals surface area contributed by atoms with E-state index in [0.717, 1.165) is 8.45 Å². The zero-order valence-electron chi connectivity index (χ0n) is 7.98. The van der Waals surface area contributed by atoms with E-state index < -0.39 is 0 Å². The summed E-state index contributed by atoms with van der Waals surface area (Å²) in [5.74, 6) is 0.00116. The fraction of sp³-hybridized carbons (Fsp3) is 0.222. The van der Waals surface area contributed by atoms with E-state index in [1.165, 1.54) is 17.5 Å². The lowest BCUT2D eigenvalue weighted by Crippen LogP contribution is -2.10. The zero-order valence-corrected chi connectivity index (χ0v) is 10.9. The largest absolute Gasteiger partial charge is 0.286 e. The number of rotatable bonds is 3. The van der Waals surface area contributed by atoms with Crippen molar-refractivity contribution in [2.45, 2.75) is 13.5 Å². The summed E-state index contributed by atoms with van der Waals surface area (Å²) in [5, 5.41) is 9.50. The van der Waals surface area contributed by atoms with E-state index in [-0.39, 0.29) is 5.78 Å². The molecule has 0 radical (unpaired) electrons. The number of hydrogen-bond donors (Lipinski definition) is 0. The molecule has 0 saturated heterocycles. The van der Waals surface area contributed by atoms with E-state index in [2.05, 4.69) is 32.9 Å². The molecule has 0 spiro atoms. The third-order valence-corrected chi connectivity index (χ3v) is 4.15. The van der Waals surface area contributed by atoms with Crippen LogP contribution < -0.4 is 0 Å². The number of aryl methyl sites for hydroxylation is 1. The molecular formula is C9H8IN3OS. The Kier molecular flexibility index (Phi) is 3.15. The number of carbonyl (C=O) groups is 1. The molecule has 0 aromatic carbocycles. The van der Waals surface area contributed by atoms with Crippen LogP contribution in [0.2, 0.25) is 0 Å². The molecule has 2 aromatic rings. The van der Waals surface area contributed by atoms with Crippen LogP contribution in [-0.2, 0) is 6.54 Å². The summed E-state index contributed by atoms with van der Waals surface area (Å²) in [5.41, 5.74) is 0.554. The van der Waals surface area contributed by atoms with Crippen LogP contribution in [-0.4, -0.2) is 20.8 Å². The van der Waals surface area contributed by atoms with Gasteiger partial charge in [-0.15, -0.1) is 16.4 Å².